The first-order valence-electron chi connectivity index (χ1n) is 4.89. The lowest BCUT2D eigenvalue weighted by Gasteiger charge is -2.29. The molecule has 0 unspecified atom stereocenters. The van der Waals surface area contributed by atoms with Crippen molar-refractivity contribution in [1.29, 1.82) is 0 Å². The molecule has 0 bridgehead atoms. The molecule has 0 N–H and O–H groups in total. The molecule has 2 rings (SSSR count). The van der Waals surface area contributed by atoms with Gasteiger partial charge in [-0.15, -0.1) is 0 Å². The van der Waals surface area contributed by atoms with Crippen LogP contribution in [0.15, 0.2) is 12.3 Å². The SMILES string of the molecule is C1=CN(C2CCCC2)CCC1. The third kappa shape index (κ3) is 1.58. The van der Waals surface area contributed by atoms with E-state index < -0.39 is 0 Å². The van der Waals surface area contributed by atoms with Gasteiger partial charge in [-0.25, -0.2) is 0 Å². The zero-order valence-electron chi connectivity index (χ0n) is 7.13. The Kier molecular flexibility index (Phi) is 2.16. The van der Waals surface area contributed by atoms with Gasteiger partial charge >= 0.3 is 0 Å². The average molecular weight is 151 g/mol. The second kappa shape index (κ2) is 3.29. The van der Waals surface area contributed by atoms with Crippen LogP contribution in [-0.2, 0) is 0 Å². The number of hydrogen-bond donors (Lipinski definition) is 0. The fourth-order valence-electron chi connectivity index (χ4n) is 2.22. The van der Waals surface area contributed by atoms with Crippen molar-refractivity contribution < 1.29 is 0 Å². The van der Waals surface area contributed by atoms with Crippen LogP contribution in [0.25, 0.3) is 0 Å². The number of nitrogens with zero attached hydrogens (tertiary/aromatic N) is 1. The van der Waals surface area contributed by atoms with Gasteiger partial charge in [-0.2, -0.15) is 0 Å². The van der Waals surface area contributed by atoms with E-state index in [2.05, 4.69) is 17.2 Å². The minimum Gasteiger partial charge on any atom is -0.375 e. The summed E-state index contributed by atoms with van der Waals surface area (Å²) in [5.74, 6) is 0. The van der Waals surface area contributed by atoms with Gasteiger partial charge in [0.2, 0.25) is 0 Å². The van der Waals surface area contributed by atoms with E-state index in [4.69, 9.17) is 0 Å². The first-order valence-corrected chi connectivity index (χ1v) is 4.89. The molecule has 1 fully saturated rings. The van der Waals surface area contributed by atoms with Crippen LogP contribution < -0.4 is 0 Å². The van der Waals surface area contributed by atoms with Crippen molar-refractivity contribution in [2.45, 2.75) is 44.6 Å². The zero-order chi connectivity index (χ0) is 7.52. The van der Waals surface area contributed by atoms with Gasteiger partial charge in [-0.05, 0) is 31.9 Å². The summed E-state index contributed by atoms with van der Waals surface area (Å²) in [6, 6.07) is 0.895. The van der Waals surface area contributed by atoms with E-state index in [1.54, 1.807) is 0 Å². The topological polar surface area (TPSA) is 3.24 Å². The van der Waals surface area contributed by atoms with Gasteiger partial charge < -0.3 is 4.90 Å². The van der Waals surface area contributed by atoms with Gasteiger partial charge in [-0.1, -0.05) is 18.9 Å². The van der Waals surface area contributed by atoms with Gasteiger partial charge in [0.25, 0.3) is 0 Å². The molecule has 0 aromatic carbocycles. The van der Waals surface area contributed by atoms with Crippen LogP contribution in [0.2, 0.25) is 0 Å². The Hall–Kier alpha value is -0.460. The fraction of sp³-hybridized carbons (Fsp3) is 0.800. The minimum absolute atomic E-state index is 0.895. The van der Waals surface area contributed by atoms with Crippen LogP contribution in [0.1, 0.15) is 38.5 Å². The molecule has 0 atom stereocenters. The molecule has 0 spiro atoms. The maximum absolute atomic E-state index is 2.55. The monoisotopic (exact) mass is 151 g/mol. The van der Waals surface area contributed by atoms with Crippen molar-refractivity contribution in [2.75, 3.05) is 6.54 Å². The Labute approximate surface area is 69.1 Å². The van der Waals surface area contributed by atoms with Crippen LogP contribution in [0.3, 0.4) is 0 Å². The molecule has 1 saturated carbocycles. The van der Waals surface area contributed by atoms with Crippen LogP contribution in [0.5, 0.6) is 0 Å². The molecule has 0 amide bonds. The fourth-order valence-corrected chi connectivity index (χ4v) is 2.22. The maximum Gasteiger partial charge on any atom is 0.0284 e. The third-order valence-electron chi connectivity index (χ3n) is 2.88. The number of rotatable bonds is 1. The van der Waals surface area contributed by atoms with Gasteiger partial charge in [-0.3, -0.25) is 0 Å². The van der Waals surface area contributed by atoms with Crippen LogP contribution >= 0.6 is 0 Å². The summed E-state index contributed by atoms with van der Waals surface area (Å²) in [7, 11) is 0. The summed E-state index contributed by atoms with van der Waals surface area (Å²) in [5, 5.41) is 0. The Morgan fingerprint density at radius 1 is 1.09 bits per heavy atom. The molecular weight excluding hydrogens is 134 g/mol. The molecule has 0 aromatic rings. The Bertz CT molecular complexity index is 145. The lowest BCUT2D eigenvalue weighted by Crippen LogP contribution is -2.30. The molecule has 1 heterocycles. The second-order valence-electron chi connectivity index (χ2n) is 3.70. The third-order valence-corrected chi connectivity index (χ3v) is 2.88. The van der Waals surface area contributed by atoms with Crippen molar-refractivity contribution in [1.82, 2.24) is 4.90 Å². The summed E-state index contributed by atoms with van der Waals surface area (Å²) in [6.45, 7) is 1.31. The minimum atomic E-state index is 0.895. The van der Waals surface area contributed by atoms with E-state index in [0.717, 1.165) is 6.04 Å². The highest BCUT2D eigenvalue weighted by molar-refractivity contribution is 4.92. The molecule has 1 aliphatic carbocycles. The zero-order valence-corrected chi connectivity index (χ0v) is 7.13. The van der Waals surface area contributed by atoms with Crippen LogP contribution in [0, 0.1) is 0 Å². The largest absolute Gasteiger partial charge is 0.375 e. The van der Waals surface area contributed by atoms with Crippen LogP contribution in [-0.4, -0.2) is 17.5 Å². The van der Waals surface area contributed by atoms with Crippen molar-refractivity contribution in [3.63, 3.8) is 0 Å². The highest BCUT2D eigenvalue weighted by Gasteiger charge is 2.20. The van der Waals surface area contributed by atoms with Gasteiger partial charge in [0.1, 0.15) is 0 Å². The Balaban J connectivity index is 1.91. The summed E-state index contributed by atoms with van der Waals surface area (Å²) in [5.41, 5.74) is 0. The predicted octanol–water partition coefficient (Wildman–Crippen LogP) is 2.54. The van der Waals surface area contributed by atoms with E-state index in [0.29, 0.717) is 0 Å². The van der Waals surface area contributed by atoms with Gasteiger partial charge in [0, 0.05) is 12.6 Å². The maximum atomic E-state index is 2.55. The molecule has 11 heavy (non-hydrogen) atoms. The first kappa shape index (κ1) is 7.20. The standard InChI is InChI=1S/C10H17N/c1-4-8-11(9-5-1)10-6-2-3-7-10/h4,8,10H,1-3,5-7,9H2. The van der Waals surface area contributed by atoms with Crippen molar-refractivity contribution in [3.05, 3.63) is 12.3 Å². The van der Waals surface area contributed by atoms with E-state index in [9.17, 15) is 0 Å². The van der Waals surface area contributed by atoms with Crippen LogP contribution in [0.4, 0.5) is 0 Å². The van der Waals surface area contributed by atoms with Crippen molar-refractivity contribution in [3.8, 4) is 0 Å². The van der Waals surface area contributed by atoms with E-state index in [1.807, 2.05) is 0 Å². The molecule has 2 aliphatic rings. The molecule has 0 aromatic heterocycles. The molecule has 62 valence electrons. The van der Waals surface area contributed by atoms with E-state index in [-0.39, 0.29) is 0 Å². The van der Waals surface area contributed by atoms with E-state index >= 15 is 0 Å². The molecular formula is C10H17N. The van der Waals surface area contributed by atoms with Crippen molar-refractivity contribution >= 4 is 0 Å². The number of allylic oxidation sites excluding steroid dienone is 1. The first-order chi connectivity index (χ1) is 5.47. The summed E-state index contributed by atoms with van der Waals surface area (Å²) < 4.78 is 0. The Morgan fingerprint density at radius 3 is 2.55 bits per heavy atom. The van der Waals surface area contributed by atoms with Crippen molar-refractivity contribution in [2.24, 2.45) is 0 Å². The normalized spacial score (nSPS) is 26.4. The van der Waals surface area contributed by atoms with Gasteiger partial charge in [0.15, 0.2) is 0 Å². The number of hydrogen-bond acceptors (Lipinski definition) is 1. The summed E-state index contributed by atoms with van der Waals surface area (Å²) >= 11 is 0. The summed E-state index contributed by atoms with van der Waals surface area (Å²) in [6.07, 6.45) is 13.1. The molecule has 0 radical (unpaired) electrons. The lowest BCUT2D eigenvalue weighted by atomic mass is 10.1. The summed E-state index contributed by atoms with van der Waals surface area (Å²) in [4.78, 5) is 2.55. The molecule has 1 nitrogen and oxygen atoms in total. The highest BCUT2D eigenvalue weighted by atomic mass is 15.1. The quantitative estimate of drug-likeness (QED) is 0.556. The van der Waals surface area contributed by atoms with Gasteiger partial charge in [0.05, 0.1) is 0 Å². The Morgan fingerprint density at radius 2 is 1.91 bits per heavy atom. The average Bonchev–Trinajstić information content (AvgIpc) is 2.58. The molecule has 0 saturated heterocycles. The molecule has 1 aliphatic heterocycles. The molecule has 1 heteroatoms. The lowest BCUT2D eigenvalue weighted by molar-refractivity contribution is 0.266. The smallest absolute Gasteiger partial charge is 0.0284 e. The van der Waals surface area contributed by atoms with E-state index in [1.165, 1.54) is 45.1 Å². The second-order valence-corrected chi connectivity index (χ2v) is 3.70. The highest BCUT2D eigenvalue weighted by Crippen LogP contribution is 2.25. The predicted molar refractivity (Wildman–Crippen MR) is 47.3 cm³/mol.